The third-order valence-corrected chi connectivity index (χ3v) is 6.03. The smallest absolute Gasteiger partial charge is 0.367 e. The summed E-state index contributed by atoms with van der Waals surface area (Å²) in [5.74, 6) is 0.0579. The van der Waals surface area contributed by atoms with Crippen LogP contribution in [0.2, 0.25) is 0 Å². The highest BCUT2D eigenvalue weighted by Crippen LogP contribution is 2.35. The van der Waals surface area contributed by atoms with Gasteiger partial charge in [0.1, 0.15) is 0 Å². The van der Waals surface area contributed by atoms with Crippen molar-refractivity contribution in [2.24, 2.45) is 5.41 Å². The predicted octanol–water partition coefficient (Wildman–Crippen LogP) is 5.75. The molecule has 0 amide bonds. The van der Waals surface area contributed by atoms with Crippen LogP contribution in [0.1, 0.15) is 57.8 Å². The molecule has 0 unspecified atom stereocenters. The monoisotopic (exact) mass is 462 g/mol. The van der Waals surface area contributed by atoms with Crippen molar-refractivity contribution in [3.63, 3.8) is 0 Å². The van der Waals surface area contributed by atoms with E-state index >= 15 is 0 Å². The largest absolute Gasteiger partial charge is 0.435 e. The molecular weight excluding hydrogens is 433 g/mol. The first kappa shape index (κ1) is 23.4. The highest BCUT2D eigenvalue weighted by molar-refractivity contribution is 5.85. The summed E-state index contributed by atoms with van der Waals surface area (Å²) < 4.78 is 40.8. The lowest BCUT2D eigenvalue weighted by Gasteiger charge is -2.31. The molecule has 0 atom stereocenters. The van der Waals surface area contributed by atoms with Gasteiger partial charge in [-0.2, -0.15) is 18.3 Å². The molecule has 9 heteroatoms. The first-order chi connectivity index (χ1) is 15.5. The minimum absolute atomic E-state index is 0.237. The number of aromatic nitrogens is 3. The number of hydrogen-bond acceptors (Lipinski definition) is 4. The molecule has 0 aliphatic carbocycles. The number of nitrogens with zero attached hydrogens (tertiary/aromatic N) is 3. The first-order valence-corrected chi connectivity index (χ1v) is 11.2. The van der Waals surface area contributed by atoms with Crippen LogP contribution in [0, 0.1) is 5.41 Å². The van der Waals surface area contributed by atoms with Crippen molar-refractivity contribution in [2.75, 3.05) is 13.1 Å². The third-order valence-electron chi connectivity index (χ3n) is 6.03. The number of aryl methyl sites for hydroxylation is 1. The van der Waals surface area contributed by atoms with Gasteiger partial charge in [-0.15, -0.1) is 5.06 Å². The average Bonchev–Trinajstić information content (AvgIpc) is 3.37. The molecule has 0 radical (unpaired) electrons. The molecule has 0 spiro atoms. The Morgan fingerprint density at radius 1 is 1.15 bits per heavy atom. The molecule has 1 fully saturated rings. The Morgan fingerprint density at radius 2 is 1.85 bits per heavy atom. The number of aromatic amines is 1. The number of alkyl halides is 3. The number of hydroxylamine groups is 2. The lowest BCUT2D eigenvalue weighted by molar-refractivity contribution is -0.204. The number of nitrogens with one attached hydrogen (secondary N) is 1. The summed E-state index contributed by atoms with van der Waals surface area (Å²) >= 11 is 0. The number of halogens is 3. The molecule has 6 nitrogen and oxygen atoms in total. The number of piperidine rings is 1. The van der Waals surface area contributed by atoms with Gasteiger partial charge < -0.3 is 9.82 Å². The molecule has 4 rings (SSSR count). The van der Waals surface area contributed by atoms with Crippen LogP contribution in [0.4, 0.5) is 13.2 Å². The number of fused-ring (bicyclic) bond motifs is 1. The van der Waals surface area contributed by atoms with Gasteiger partial charge in [-0.3, -0.25) is 4.68 Å². The predicted molar refractivity (Wildman–Crippen MR) is 119 cm³/mol. The van der Waals surface area contributed by atoms with Gasteiger partial charge in [0.2, 0.25) is 0 Å². The minimum Gasteiger partial charge on any atom is -0.367 e. The maximum Gasteiger partial charge on any atom is 0.435 e. The highest BCUT2D eigenvalue weighted by atomic mass is 19.4. The van der Waals surface area contributed by atoms with Crippen LogP contribution in [-0.4, -0.2) is 38.9 Å². The summed E-state index contributed by atoms with van der Waals surface area (Å²) in [4.78, 5) is 21.1. The summed E-state index contributed by atoms with van der Waals surface area (Å²) in [6, 6.07) is 8.79. The number of rotatable bonds is 4. The summed E-state index contributed by atoms with van der Waals surface area (Å²) in [6.07, 6.45) is -2.79. The summed E-state index contributed by atoms with van der Waals surface area (Å²) in [5.41, 5.74) is 1.75. The Hall–Kier alpha value is -2.81. The molecule has 1 N–H and O–H groups in total. The van der Waals surface area contributed by atoms with Gasteiger partial charge in [0.25, 0.3) is 0 Å². The van der Waals surface area contributed by atoms with E-state index < -0.39 is 17.3 Å². The van der Waals surface area contributed by atoms with Crippen LogP contribution in [-0.2, 0) is 22.4 Å². The molecule has 1 saturated heterocycles. The van der Waals surface area contributed by atoms with Gasteiger partial charge in [0.05, 0.1) is 11.1 Å². The zero-order valence-electron chi connectivity index (χ0n) is 19.3. The highest BCUT2D eigenvalue weighted by Gasteiger charge is 2.35. The van der Waals surface area contributed by atoms with Crippen molar-refractivity contribution in [2.45, 2.75) is 59.2 Å². The van der Waals surface area contributed by atoms with Crippen molar-refractivity contribution in [3.8, 4) is 11.3 Å². The fourth-order valence-electron chi connectivity index (χ4n) is 4.08. The van der Waals surface area contributed by atoms with Crippen LogP contribution in [0.25, 0.3) is 22.2 Å². The van der Waals surface area contributed by atoms with Gasteiger partial charge in [-0.25, -0.2) is 4.79 Å². The average molecular weight is 463 g/mol. The van der Waals surface area contributed by atoms with Crippen LogP contribution < -0.4 is 0 Å². The van der Waals surface area contributed by atoms with Crippen molar-refractivity contribution in [1.82, 2.24) is 19.8 Å². The standard InChI is InChI=1S/C24H29F3N4O2/c1-5-31-20(14-21(29-31)24(25,26)27)16-6-7-18-17(12-16)13-19(28-18)15-8-10-30(11-9-15)33-22(32)23(2,3)4/h6-7,12-15,28H,5,8-11H2,1-4H3. The van der Waals surface area contributed by atoms with Crippen LogP contribution in [0.15, 0.2) is 30.3 Å². The molecule has 1 aliphatic heterocycles. The lowest BCUT2D eigenvalue weighted by atomic mass is 9.94. The van der Waals surface area contributed by atoms with E-state index in [1.54, 1.807) is 12.0 Å². The van der Waals surface area contributed by atoms with E-state index in [-0.39, 0.29) is 5.97 Å². The second-order valence-corrected chi connectivity index (χ2v) is 9.59. The maximum absolute atomic E-state index is 13.1. The third kappa shape index (κ3) is 4.93. The van der Waals surface area contributed by atoms with E-state index in [1.165, 1.54) is 4.68 Å². The second-order valence-electron chi connectivity index (χ2n) is 9.59. The number of benzene rings is 1. The zero-order valence-corrected chi connectivity index (χ0v) is 19.3. The second kappa shape index (κ2) is 8.52. The quantitative estimate of drug-likeness (QED) is 0.536. The van der Waals surface area contributed by atoms with E-state index in [0.717, 1.165) is 35.5 Å². The molecule has 3 heterocycles. The summed E-state index contributed by atoms with van der Waals surface area (Å²) in [5, 5.41) is 6.40. The van der Waals surface area contributed by atoms with Gasteiger partial charge in [-0.05, 0) is 64.8 Å². The van der Waals surface area contributed by atoms with Gasteiger partial charge in [-0.1, -0.05) is 6.07 Å². The number of hydrogen-bond donors (Lipinski definition) is 1. The molecular formula is C24H29F3N4O2. The van der Waals surface area contributed by atoms with Crippen LogP contribution in [0.3, 0.4) is 0 Å². The van der Waals surface area contributed by atoms with Crippen LogP contribution >= 0.6 is 0 Å². The molecule has 1 aliphatic rings. The molecule has 2 aromatic heterocycles. The SMILES string of the molecule is CCn1nc(C(F)(F)F)cc1-c1ccc2[nH]c(C3CCN(OC(=O)C(C)(C)C)CC3)cc2c1. The van der Waals surface area contributed by atoms with Gasteiger partial charge in [0, 0.05) is 47.7 Å². The first-order valence-electron chi connectivity index (χ1n) is 11.2. The summed E-state index contributed by atoms with van der Waals surface area (Å²) in [6.45, 7) is 8.93. The topological polar surface area (TPSA) is 63.1 Å². The molecule has 178 valence electrons. The zero-order chi connectivity index (χ0) is 24.0. The van der Waals surface area contributed by atoms with Crippen molar-refractivity contribution in [1.29, 1.82) is 0 Å². The molecule has 0 bridgehead atoms. The Kier molecular flexibility index (Phi) is 6.03. The Bertz CT molecular complexity index is 1150. The van der Waals surface area contributed by atoms with E-state index in [9.17, 15) is 18.0 Å². The molecule has 3 aromatic rings. The summed E-state index contributed by atoms with van der Waals surface area (Å²) in [7, 11) is 0. The normalized spacial score (nSPS) is 16.5. The van der Waals surface area contributed by atoms with E-state index in [4.69, 9.17) is 4.84 Å². The van der Waals surface area contributed by atoms with Crippen molar-refractivity contribution >= 4 is 16.9 Å². The minimum atomic E-state index is -4.48. The number of carbonyl (C=O) groups is 1. The van der Waals surface area contributed by atoms with Crippen molar-refractivity contribution in [3.05, 3.63) is 41.7 Å². The number of carbonyl (C=O) groups excluding carboxylic acids is 1. The molecule has 33 heavy (non-hydrogen) atoms. The van der Waals surface area contributed by atoms with Gasteiger partial charge >= 0.3 is 12.1 Å². The fourth-order valence-corrected chi connectivity index (χ4v) is 4.08. The van der Waals surface area contributed by atoms with E-state index in [0.29, 0.717) is 36.8 Å². The fraction of sp³-hybridized carbons (Fsp3) is 0.500. The van der Waals surface area contributed by atoms with Gasteiger partial charge in [0.15, 0.2) is 5.69 Å². The molecule has 1 aromatic carbocycles. The van der Waals surface area contributed by atoms with E-state index in [1.807, 2.05) is 39.0 Å². The Morgan fingerprint density at radius 3 is 2.45 bits per heavy atom. The lowest BCUT2D eigenvalue weighted by Crippen LogP contribution is -2.38. The van der Waals surface area contributed by atoms with E-state index in [2.05, 4.69) is 16.1 Å². The maximum atomic E-state index is 13.1. The number of H-pyrrole nitrogens is 1. The Labute approximate surface area is 190 Å². The Balaban J connectivity index is 1.51. The molecule has 0 saturated carbocycles. The van der Waals surface area contributed by atoms with Crippen LogP contribution in [0.5, 0.6) is 0 Å². The van der Waals surface area contributed by atoms with Crippen molar-refractivity contribution < 1.29 is 22.8 Å².